The van der Waals surface area contributed by atoms with E-state index in [2.05, 4.69) is 0 Å². The van der Waals surface area contributed by atoms with Gasteiger partial charge in [0.2, 0.25) is 9.84 Å². The maximum Gasteiger partial charge on any atom is 0.341 e. The van der Waals surface area contributed by atoms with Crippen molar-refractivity contribution in [2.45, 2.75) is 30.4 Å². The summed E-state index contributed by atoms with van der Waals surface area (Å²) in [6.45, 7) is 3.00. The lowest BCUT2D eigenvalue weighted by Crippen LogP contribution is -2.28. The summed E-state index contributed by atoms with van der Waals surface area (Å²) in [7, 11) is -4.61. The Bertz CT molecular complexity index is 523. The van der Waals surface area contributed by atoms with Crippen LogP contribution in [0.5, 0.6) is 0 Å². The number of para-hydroxylation sites is 1. The number of sulfone groups is 1. The molecule has 0 aliphatic carbocycles. The molecule has 114 valence electrons. The minimum atomic E-state index is -4.61. The van der Waals surface area contributed by atoms with Crippen molar-refractivity contribution in [3.05, 3.63) is 24.3 Å². The molecule has 0 N–H and O–H groups in total. The highest BCUT2D eigenvalue weighted by molar-refractivity contribution is 7.91. The molecule has 0 saturated heterocycles. The molecule has 0 atom stereocenters. The number of rotatable bonds is 8. The monoisotopic (exact) mass is 325 g/mol. The third-order valence-electron chi connectivity index (χ3n) is 2.88. The van der Waals surface area contributed by atoms with E-state index < -0.39 is 15.6 Å². The Kier molecular flexibility index (Phi) is 6.68. The minimum Gasteiger partial charge on any atom is -0.369 e. The zero-order valence-corrected chi connectivity index (χ0v) is 12.8. The van der Waals surface area contributed by atoms with Crippen LogP contribution in [0.25, 0.3) is 0 Å². The fraction of sp³-hybridized carbons (Fsp3) is 0.538. The van der Waals surface area contributed by atoms with E-state index in [-0.39, 0.29) is 4.90 Å². The van der Waals surface area contributed by atoms with Gasteiger partial charge >= 0.3 is 5.76 Å². The van der Waals surface area contributed by atoms with E-state index in [9.17, 15) is 17.2 Å². The van der Waals surface area contributed by atoms with Gasteiger partial charge in [-0.1, -0.05) is 25.5 Å². The van der Waals surface area contributed by atoms with Gasteiger partial charge in [0.05, 0.1) is 10.6 Å². The lowest BCUT2D eigenvalue weighted by atomic mass is 10.2. The van der Waals surface area contributed by atoms with Gasteiger partial charge in [0.25, 0.3) is 0 Å². The van der Waals surface area contributed by atoms with Gasteiger partial charge < -0.3 is 4.90 Å². The van der Waals surface area contributed by atoms with Crippen molar-refractivity contribution in [3.8, 4) is 0 Å². The van der Waals surface area contributed by atoms with E-state index in [1.807, 2.05) is 6.92 Å². The Morgan fingerprint density at radius 3 is 2.45 bits per heavy atom. The van der Waals surface area contributed by atoms with Gasteiger partial charge in [0.1, 0.15) is 0 Å². The van der Waals surface area contributed by atoms with Crippen LogP contribution < -0.4 is 4.90 Å². The Labute approximate surface area is 123 Å². The number of benzene rings is 1. The summed E-state index contributed by atoms with van der Waals surface area (Å²) >= 11 is 5.71. The molecule has 7 heteroatoms. The van der Waals surface area contributed by atoms with Crippen LogP contribution in [-0.4, -0.2) is 33.1 Å². The average Bonchev–Trinajstić information content (AvgIpc) is 2.43. The van der Waals surface area contributed by atoms with Crippen LogP contribution in [0.15, 0.2) is 29.2 Å². The molecule has 1 rings (SSSR count). The minimum absolute atomic E-state index is 0.293. The van der Waals surface area contributed by atoms with Crippen molar-refractivity contribution < 1.29 is 17.2 Å². The highest BCUT2D eigenvalue weighted by Gasteiger charge is 2.30. The molecule has 0 spiro atoms. The van der Waals surface area contributed by atoms with Gasteiger partial charge in [-0.25, -0.2) is 8.42 Å². The molecule has 1 aromatic carbocycles. The second-order valence-electron chi connectivity index (χ2n) is 4.30. The summed E-state index contributed by atoms with van der Waals surface area (Å²) in [5, 5.41) is 0. The quantitative estimate of drug-likeness (QED) is 0.686. The lowest BCUT2D eigenvalue weighted by Gasteiger charge is -2.26. The van der Waals surface area contributed by atoms with E-state index in [1.54, 1.807) is 11.0 Å². The lowest BCUT2D eigenvalue weighted by molar-refractivity contribution is 0.235. The normalized spacial score (nSPS) is 11.8. The third-order valence-corrected chi connectivity index (χ3v) is 4.48. The molecule has 0 unspecified atom stereocenters. The number of halogens is 3. The summed E-state index contributed by atoms with van der Waals surface area (Å²) < 4.78 is 48.9. The average molecular weight is 326 g/mol. The van der Waals surface area contributed by atoms with Gasteiger partial charge in [-0.05, 0) is 18.6 Å². The van der Waals surface area contributed by atoms with Gasteiger partial charge in [-0.15, -0.1) is 11.6 Å². The molecule has 0 bridgehead atoms. The molecule has 0 radical (unpaired) electrons. The van der Waals surface area contributed by atoms with Crippen LogP contribution in [0.4, 0.5) is 14.5 Å². The standard InChI is InChI=1S/C13H18ClF2NO2S/c1-2-3-9-17(10-8-14)11-6-4-5-7-12(11)20(18,19)13(15)16/h4-7,13H,2-3,8-10H2,1H3. The highest BCUT2D eigenvalue weighted by atomic mass is 35.5. The number of nitrogens with zero attached hydrogens (tertiary/aromatic N) is 1. The zero-order chi connectivity index (χ0) is 15.2. The van der Waals surface area contributed by atoms with Crippen molar-refractivity contribution in [2.24, 2.45) is 0 Å². The van der Waals surface area contributed by atoms with E-state index in [0.29, 0.717) is 24.7 Å². The molecule has 3 nitrogen and oxygen atoms in total. The first-order valence-corrected chi connectivity index (χ1v) is 8.45. The van der Waals surface area contributed by atoms with Crippen LogP contribution >= 0.6 is 11.6 Å². The van der Waals surface area contributed by atoms with E-state index in [0.717, 1.165) is 12.8 Å². The third kappa shape index (κ3) is 4.06. The van der Waals surface area contributed by atoms with Crippen molar-refractivity contribution in [3.63, 3.8) is 0 Å². The van der Waals surface area contributed by atoms with Gasteiger partial charge in [-0.3, -0.25) is 0 Å². The number of unbranched alkanes of at least 4 members (excludes halogenated alkanes) is 1. The van der Waals surface area contributed by atoms with Gasteiger partial charge in [0.15, 0.2) is 0 Å². The Morgan fingerprint density at radius 2 is 1.90 bits per heavy atom. The first-order valence-electron chi connectivity index (χ1n) is 6.37. The summed E-state index contributed by atoms with van der Waals surface area (Å²) in [5.41, 5.74) is 0.293. The predicted octanol–water partition coefficient (Wildman–Crippen LogP) is 3.53. The fourth-order valence-corrected chi connectivity index (χ4v) is 3.01. The Hall–Kier alpha value is -0.880. The van der Waals surface area contributed by atoms with Crippen molar-refractivity contribution in [2.75, 3.05) is 23.9 Å². The molecule has 1 aromatic rings. The molecule has 0 amide bonds. The summed E-state index contributed by atoms with van der Waals surface area (Å²) in [6, 6.07) is 5.83. The summed E-state index contributed by atoms with van der Waals surface area (Å²) in [6.07, 6.45) is 1.75. The Morgan fingerprint density at radius 1 is 1.25 bits per heavy atom. The molecule has 0 saturated carbocycles. The molecule has 0 aromatic heterocycles. The summed E-state index contributed by atoms with van der Waals surface area (Å²) in [4.78, 5) is 1.40. The number of alkyl halides is 3. The van der Waals surface area contributed by atoms with Crippen LogP contribution in [-0.2, 0) is 9.84 Å². The van der Waals surface area contributed by atoms with Crippen LogP contribution in [0.1, 0.15) is 19.8 Å². The van der Waals surface area contributed by atoms with Crippen LogP contribution in [0.2, 0.25) is 0 Å². The smallest absolute Gasteiger partial charge is 0.341 e. The van der Waals surface area contributed by atoms with Gasteiger partial charge in [-0.2, -0.15) is 8.78 Å². The molecule has 0 aliphatic rings. The summed E-state index contributed by atoms with van der Waals surface area (Å²) in [5.74, 6) is -3.13. The van der Waals surface area contributed by atoms with E-state index in [4.69, 9.17) is 11.6 Å². The van der Waals surface area contributed by atoms with Crippen LogP contribution in [0, 0.1) is 0 Å². The van der Waals surface area contributed by atoms with E-state index in [1.165, 1.54) is 18.2 Å². The number of anilines is 1. The second-order valence-corrected chi connectivity index (χ2v) is 6.57. The molecule has 20 heavy (non-hydrogen) atoms. The van der Waals surface area contributed by atoms with Crippen LogP contribution in [0.3, 0.4) is 0 Å². The zero-order valence-electron chi connectivity index (χ0n) is 11.2. The molecular formula is C13H18ClF2NO2S. The Balaban J connectivity index is 3.22. The SMILES string of the molecule is CCCCN(CCCl)c1ccccc1S(=O)(=O)C(F)F. The largest absolute Gasteiger partial charge is 0.369 e. The first kappa shape index (κ1) is 17.2. The first-order chi connectivity index (χ1) is 9.45. The second kappa shape index (κ2) is 7.78. The van der Waals surface area contributed by atoms with Crippen molar-refractivity contribution >= 4 is 27.1 Å². The molecule has 0 aliphatic heterocycles. The molecular weight excluding hydrogens is 308 g/mol. The topological polar surface area (TPSA) is 37.4 Å². The predicted molar refractivity (Wildman–Crippen MR) is 77.5 cm³/mol. The van der Waals surface area contributed by atoms with Gasteiger partial charge in [0, 0.05) is 19.0 Å². The maximum atomic E-state index is 12.7. The fourth-order valence-electron chi connectivity index (χ4n) is 1.86. The maximum absolute atomic E-state index is 12.7. The van der Waals surface area contributed by atoms with Crippen molar-refractivity contribution in [1.82, 2.24) is 0 Å². The van der Waals surface area contributed by atoms with Crippen molar-refractivity contribution in [1.29, 1.82) is 0 Å². The number of hydrogen-bond donors (Lipinski definition) is 0. The van der Waals surface area contributed by atoms with E-state index >= 15 is 0 Å². The highest BCUT2D eigenvalue weighted by Crippen LogP contribution is 2.29. The number of hydrogen-bond acceptors (Lipinski definition) is 3. The molecule has 0 fully saturated rings. The molecule has 0 heterocycles.